The van der Waals surface area contributed by atoms with Gasteiger partial charge in [-0.2, -0.15) is 0 Å². The number of aliphatic hydroxyl groups excluding tert-OH is 1. The lowest BCUT2D eigenvalue weighted by Gasteiger charge is -2.13. The zero-order valence-electron chi connectivity index (χ0n) is 14.8. The zero-order valence-corrected chi connectivity index (χ0v) is 14.8. The van der Waals surface area contributed by atoms with Crippen LogP contribution >= 0.6 is 0 Å². The summed E-state index contributed by atoms with van der Waals surface area (Å²) in [7, 11) is 2.97. The van der Waals surface area contributed by atoms with Gasteiger partial charge >= 0.3 is 5.97 Å². The van der Waals surface area contributed by atoms with Gasteiger partial charge in [-0.1, -0.05) is 6.58 Å². The molecule has 2 aromatic carbocycles. The van der Waals surface area contributed by atoms with Crippen LogP contribution in [0.2, 0.25) is 0 Å². The number of carbonyl (C=O) groups excluding carboxylic acids is 2. The molecule has 26 heavy (non-hydrogen) atoms. The van der Waals surface area contributed by atoms with Gasteiger partial charge in [0.1, 0.15) is 23.4 Å². The van der Waals surface area contributed by atoms with Crippen LogP contribution in [0.15, 0.2) is 54.6 Å². The van der Waals surface area contributed by atoms with Crippen molar-refractivity contribution in [2.24, 2.45) is 0 Å². The molecular formula is C20H20O6. The van der Waals surface area contributed by atoms with E-state index in [0.29, 0.717) is 17.1 Å². The Hall–Kier alpha value is -3.12. The first-order valence-corrected chi connectivity index (χ1v) is 7.78. The van der Waals surface area contributed by atoms with E-state index in [0.717, 1.165) is 0 Å². The van der Waals surface area contributed by atoms with Crippen LogP contribution in [0.4, 0.5) is 0 Å². The van der Waals surface area contributed by atoms with Crippen LogP contribution < -0.4 is 14.2 Å². The number of benzene rings is 2. The van der Waals surface area contributed by atoms with Crippen molar-refractivity contribution in [1.82, 2.24) is 0 Å². The molecule has 0 aliphatic rings. The fraction of sp³-hybridized carbons (Fsp3) is 0.200. The van der Waals surface area contributed by atoms with Crippen LogP contribution in [-0.2, 0) is 4.79 Å². The van der Waals surface area contributed by atoms with Gasteiger partial charge in [-0.05, 0) is 48.9 Å². The van der Waals surface area contributed by atoms with Crippen LogP contribution in [0.3, 0.4) is 0 Å². The minimum Gasteiger partial charge on any atom is -0.497 e. The summed E-state index contributed by atoms with van der Waals surface area (Å²) in [6.45, 7) is 5.04. The second kappa shape index (κ2) is 8.31. The molecule has 1 unspecified atom stereocenters. The Balaban J connectivity index is 2.20. The molecule has 0 spiro atoms. The number of ketones is 1. The molecule has 2 aromatic rings. The molecule has 0 fully saturated rings. The Bertz CT molecular complexity index is 800. The molecule has 2 rings (SSSR count). The van der Waals surface area contributed by atoms with E-state index in [1.54, 1.807) is 25.1 Å². The lowest BCUT2D eigenvalue weighted by Crippen LogP contribution is -2.13. The standard InChI is InChI=1S/C20H20O6/c1-12(2)20(23)26-15-7-5-13(6-8-15)18(21)19(22)14-9-16(24-3)11-17(10-14)25-4/h5-11,19,22H,1H2,2-4H3. The molecule has 0 radical (unpaired) electrons. The highest BCUT2D eigenvalue weighted by Gasteiger charge is 2.21. The Morgan fingerprint density at radius 3 is 1.96 bits per heavy atom. The van der Waals surface area contributed by atoms with E-state index >= 15 is 0 Å². The monoisotopic (exact) mass is 356 g/mol. The summed E-state index contributed by atoms with van der Waals surface area (Å²) in [4.78, 5) is 24.0. The smallest absolute Gasteiger partial charge is 0.338 e. The minimum absolute atomic E-state index is 0.271. The third-order valence-corrected chi connectivity index (χ3v) is 3.64. The topological polar surface area (TPSA) is 82.1 Å². The van der Waals surface area contributed by atoms with Gasteiger partial charge in [0.2, 0.25) is 0 Å². The number of aliphatic hydroxyl groups is 1. The molecule has 1 N–H and O–H groups in total. The van der Waals surface area contributed by atoms with Crippen molar-refractivity contribution < 1.29 is 28.9 Å². The normalized spacial score (nSPS) is 11.4. The predicted octanol–water partition coefficient (Wildman–Crippen LogP) is 3.10. The number of rotatable bonds is 7. The maximum atomic E-state index is 12.5. The molecule has 0 amide bonds. The van der Waals surface area contributed by atoms with Crippen LogP contribution in [0.1, 0.15) is 28.9 Å². The second-order valence-electron chi connectivity index (χ2n) is 5.61. The molecule has 1 atom stereocenters. The van der Waals surface area contributed by atoms with Gasteiger partial charge in [0.05, 0.1) is 14.2 Å². The molecule has 0 aliphatic carbocycles. The third-order valence-electron chi connectivity index (χ3n) is 3.64. The van der Waals surface area contributed by atoms with E-state index in [-0.39, 0.29) is 16.9 Å². The molecule has 6 nitrogen and oxygen atoms in total. The molecule has 0 saturated heterocycles. The van der Waals surface area contributed by atoms with E-state index in [2.05, 4.69) is 6.58 Å². The van der Waals surface area contributed by atoms with Gasteiger partial charge in [0.25, 0.3) is 0 Å². The number of esters is 1. The lowest BCUT2D eigenvalue weighted by atomic mass is 9.99. The number of hydrogen-bond acceptors (Lipinski definition) is 6. The fourth-order valence-corrected chi connectivity index (χ4v) is 2.18. The number of carbonyl (C=O) groups is 2. The van der Waals surface area contributed by atoms with Gasteiger partial charge < -0.3 is 19.3 Å². The van der Waals surface area contributed by atoms with Gasteiger partial charge in [-0.15, -0.1) is 0 Å². The number of hydrogen-bond donors (Lipinski definition) is 1. The summed E-state index contributed by atoms with van der Waals surface area (Å²) in [5, 5.41) is 10.4. The first-order valence-electron chi connectivity index (χ1n) is 7.78. The Kier molecular flexibility index (Phi) is 6.14. The van der Waals surface area contributed by atoms with Crippen molar-refractivity contribution in [2.75, 3.05) is 14.2 Å². The molecule has 0 saturated carbocycles. The third kappa shape index (κ3) is 4.49. The lowest BCUT2D eigenvalue weighted by molar-refractivity contribution is -0.130. The van der Waals surface area contributed by atoms with Crippen molar-refractivity contribution in [1.29, 1.82) is 0 Å². The van der Waals surface area contributed by atoms with Crippen molar-refractivity contribution in [3.05, 3.63) is 65.7 Å². The van der Waals surface area contributed by atoms with Gasteiger partial charge in [-0.25, -0.2) is 4.79 Å². The average Bonchev–Trinajstić information content (AvgIpc) is 2.66. The first-order chi connectivity index (χ1) is 12.3. The van der Waals surface area contributed by atoms with Crippen LogP contribution in [0, 0.1) is 0 Å². The molecule has 0 aliphatic heterocycles. The van der Waals surface area contributed by atoms with E-state index in [1.807, 2.05) is 0 Å². The Morgan fingerprint density at radius 2 is 1.50 bits per heavy atom. The van der Waals surface area contributed by atoms with Gasteiger partial charge in [0.15, 0.2) is 5.78 Å². The van der Waals surface area contributed by atoms with Gasteiger partial charge in [0, 0.05) is 17.2 Å². The summed E-state index contributed by atoms with van der Waals surface area (Å²) in [5.41, 5.74) is 0.894. The molecule has 136 valence electrons. The highest BCUT2D eigenvalue weighted by molar-refractivity contribution is 6.00. The highest BCUT2D eigenvalue weighted by atomic mass is 16.5. The summed E-state index contributed by atoms with van der Waals surface area (Å²) < 4.78 is 15.4. The molecule has 6 heteroatoms. The molecule has 0 bridgehead atoms. The van der Waals surface area contributed by atoms with E-state index in [4.69, 9.17) is 14.2 Å². The van der Waals surface area contributed by atoms with Gasteiger partial charge in [-0.3, -0.25) is 4.79 Å². The quantitative estimate of drug-likeness (QED) is 0.355. The SMILES string of the molecule is C=C(C)C(=O)Oc1ccc(C(=O)C(O)c2cc(OC)cc(OC)c2)cc1. The Labute approximate surface area is 151 Å². The average molecular weight is 356 g/mol. The summed E-state index contributed by atoms with van der Waals surface area (Å²) in [6.07, 6.45) is -1.39. The summed E-state index contributed by atoms with van der Waals surface area (Å²) in [5.74, 6) is 0.166. The van der Waals surface area contributed by atoms with Crippen molar-refractivity contribution in [2.45, 2.75) is 13.0 Å². The van der Waals surface area contributed by atoms with Crippen LogP contribution in [0.5, 0.6) is 17.2 Å². The zero-order chi connectivity index (χ0) is 19.3. The van der Waals surface area contributed by atoms with Crippen molar-refractivity contribution in [3.8, 4) is 17.2 Å². The fourth-order valence-electron chi connectivity index (χ4n) is 2.18. The molecular weight excluding hydrogens is 336 g/mol. The van der Waals surface area contributed by atoms with Crippen LogP contribution in [0.25, 0.3) is 0 Å². The maximum Gasteiger partial charge on any atom is 0.338 e. The molecule has 0 heterocycles. The highest BCUT2D eigenvalue weighted by Crippen LogP contribution is 2.28. The number of Topliss-reactive ketones (excluding diaryl/α,β-unsaturated/α-hetero) is 1. The largest absolute Gasteiger partial charge is 0.497 e. The van der Waals surface area contributed by atoms with Crippen LogP contribution in [-0.4, -0.2) is 31.1 Å². The number of ether oxygens (including phenoxy) is 3. The summed E-state index contributed by atoms with van der Waals surface area (Å²) in [6, 6.07) is 10.7. The maximum absolute atomic E-state index is 12.5. The second-order valence-corrected chi connectivity index (χ2v) is 5.61. The van der Waals surface area contributed by atoms with Crippen molar-refractivity contribution >= 4 is 11.8 Å². The minimum atomic E-state index is -1.39. The summed E-state index contributed by atoms with van der Waals surface area (Å²) >= 11 is 0. The first kappa shape index (κ1) is 19.2. The van der Waals surface area contributed by atoms with E-state index in [9.17, 15) is 14.7 Å². The van der Waals surface area contributed by atoms with E-state index in [1.165, 1.54) is 38.5 Å². The Morgan fingerprint density at radius 1 is 0.962 bits per heavy atom. The molecule has 0 aromatic heterocycles. The predicted molar refractivity (Wildman–Crippen MR) is 95.7 cm³/mol. The van der Waals surface area contributed by atoms with E-state index < -0.39 is 17.9 Å². The number of methoxy groups -OCH3 is 2. The van der Waals surface area contributed by atoms with Crippen molar-refractivity contribution in [3.63, 3.8) is 0 Å².